The van der Waals surface area contributed by atoms with Crippen molar-refractivity contribution in [3.8, 4) is 0 Å². The van der Waals surface area contributed by atoms with Crippen molar-refractivity contribution in [3.05, 3.63) is 16.1 Å². The molecule has 0 N–H and O–H groups in total. The third-order valence-electron chi connectivity index (χ3n) is 2.96. The van der Waals surface area contributed by atoms with Crippen molar-refractivity contribution in [3.63, 3.8) is 0 Å². The number of aromatic nitrogens is 1. The zero-order chi connectivity index (χ0) is 12.3. The molecule has 1 saturated heterocycles. The molecular formula is C12H19FN2OS. The van der Waals surface area contributed by atoms with Gasteiger partial charge in [0.1, 0.15) is 17.3 Å². The maximum atomic E-state index is 13.4. The molecule has 0 spiro atoms. The highest BCUT2D eigenvalue weighted by Gasteiger charge is 2.25. The molecule has 2 atom stereocenters. The van der Waals surface area contributed by atoms with E-state index in [-0.39, 0.29) is 6.10 Å². The van der Waals surface area contributed by atoms with Gasteiger partial charge in [-0.25, -0.2) is 9.37 Å². The number of thiazole rings is 1. The van der Waals surface area contributed by atoms with Gasteiger partial charge in [-0.2, -0.15) is 0 Å². The first-order valence-electron chi connectivity index (χ1n) is 6.09. The summed E-state index contributed by atoms with van der Waals surface area (Å²) >= 11 is 1.63. The molecule has 0 bridgehead atoms. The number of aryl methyl sites for hydroxylation is 1. The lowest BCUT2D eigenvalue weighted by Crippen LogP contribution is -2.41. The highest BCUT2D eigenvalue weighted by atomic mass is 32.1. The van der Waals surface area contributed by atoms with Gasteiger partial charge in [-0.3, -0.25) is 4.90 Å². The third-order valence-corrected chi connectivity index (χ3v) is 4.02. The van der Waals surface area contributed by atoms with Gasteiger partial charge in [0.15, 0.2) is 0 Å². The minimum atomic E-state index is -0.730. The van der Waals surface area contributed by atoms with E-state index >= 15 is 0 Å². The van der Waals surface area contributed by atoms with Crippen molar-refractivity contribution in [2.75, 3.05) is 26.2 Å². The fourth-order valence-electron chi connectivity index (χ4n) is 1.95. The summed E-state index contributed by atoms with van der Waals surface area (Å²) in [5.74, 6) is 0. The second-order valence-electron chi connectivity index (χ2n) is 4.45. The van der Waals surface area contributed by atoms with Crippen LogP contribution in [-0.4, -0.2) is 42.3 Å². The van der Waals surface area contributed by atoms with Crippen molar-refractivity contribution in [1.82, 2.24) is 9.88 Å². The van der Waals surface area contributed by atoms with Crippen LogP contribution in [-0.2, 0) is 4.74 Å². The van der Waals surface area contributed by atoms with Crippen molar-refractivity contribution in [2.24, 2.45) is 0 Å². The largest absolute Gasteiger partial charge is 0.368 e. The fraction of sp³-hybridized carbons (Fsp3) is 0.750. The van der Waals surface area contributed by atoms with E-state index in [0.717, 1.165) is 23.8 Å². The van der Waals surface area contributed by atoms with Gasteiger partial charge >= 0.3 is 0 Å². The molecule has 2 heterocycles. The first-order chi connectivity index (χ1) is 8.19. The molecule has 17 heavy (non-hydrogen) atoms. The first kappa shape index (κ1) is 12.9. The van der Waals surface area contributed by atoms with Gasteiger partial charge in [0.2, 0.25) is 0 Å². The van der Waals surface area contributed by atoms with Crippen LogP contribution in [0.3, 0.4) is 0 Å². The predicted molar refractivity (Wildman–Crippen MR) is 67.2 cm³/mol. The predicted octanol–water partition coefficient (Wildman–Crippen LogP) is 2.57. The van der Waals surface area contributed by atoms with E-state index in [1.165, 1.54) is 0 Å². The van der Waals surface area contributed by atoms with Gasteiger partial charge in [0.05, 0.1) is 6.61 Å². The van der Waals surface area contributed by atoms with E-state index in [1.807, 2.05) is 19.2 Å². The van der Waals surface area contributed by atoms with Crippen molar-refractivity contribution < 1.29 is 9.13 Å². The summed E-state index contributed by atoms with van der Waals surface area (Å²) in [4.78, 5) is 6.58. The van der Waals surface area contributed by atoms with Crippen molar-refractivity contribution >= 4 is 11.3 Å². The van der Waals surface area contributed by atoms with Gasteiger partial charge in [0, 0.05) is 30.7 Å². The van der Waals surface area contributed by atoms with Crippen molar-refractivity contribution in [1.29, 1.82) is 0 Å². The molecule has 0 saturated carbocycles. The topological polar surface area (TPSA) is 25.4 Å². The van der Waals surface area contributed by atoms with E-state index in [0.29, 0.717) is 19.6 Å². The maximum absolute atomic E-state index is 13.4. The normalized spacial score (nSPS) is 23.8. The summed E-state index contributed by atoms with van der Waals surface area (Å²) in [6.07, 6.45) is -0.128. The number of morpholine rings is 1. The first-order valence-corrected chi connectivity index (χ1v) is 6.97. The van der Waals surface area contributed by atoms with Gasteiger partial charge in [0.25, 0.3) is 0 Å². The third kappa shape index (κ3) is 3.47. The minimum Gasteiger partial charge on any atom is -0.368 e. The molecule has 1 aromatic heterocycles. The fourth-order valence-corrected chi connectivity index (χ4v) is 2.78. The summed E-state index contributed by atoms with van der Waals surface area (Å²) < 4.78 is 19.1. The number of hydrogen-bond acceptors (Lipinski definition) is 4. The molecule has 1 aliphatic heterocycles. The smallest absolute Gasteiger partial charge is 0.123 e. The number of nitrogens with zero attached hydrogens (tertiary/aromatic N) is 2. The lowest BCUT2D eigenvalue weighted by atomic mass is 10.2. The number of rotatable bonds is 4. The Hall–Kier alpha value is -0.520. The van der Waals surface area contributed by atoms with Gasteiger partial charge in [-0.05, 0) is 13.3 Å². The Balaban J connectivity index is 1.93. The average Bonchev–Trinajstić information content (AvgIpc) is 2.76. The SMILES string of the molecule is CCC(F)CN1CCOC(c2nc(C)cs2)C1. The lowest BCUT2D eigenvalue weighted by molar-refractivity contribution is -0.0364. The summed E-state index contributed by atoms with van der Waals surface area (Å²) in [6, 6.07) is 0. The van der Waals surface area contributed by atoms with Crippen LogP contribution >= 0.6 is 11.3 Å². The zero-order valence-electron chi connectivity index (χ0n) is 10.4. The molecule has 0 aliphatic carbocycles. The summed E-state index contributed by atoms with van der Waals surface area (Å²) in [5, 5.41) is 3.04. The quantitative estimate of drug-likeness (QED) is 0.830. The molecule has 96 valence electrons. The van der Waals surface area contributed by atoms with Crippen LogP contribution in [0, 0.1) is 6.92 Å². The maximum Gasteiger partial charge on any atom is 0.123 e. The summed E-state index contributed by atoms with van der Waals surface area (Å²) in [5.41, 5.74) is 1.03. The van der Waals surface area contributed by atoms with E-state index < -0.39 is 6.17 Å². The van der Waals surface area contributed by atoms with Crippen LogP contribution in [0.5, 0.6) is 0 Å². The van der Waals surface area contributed by atoms with Crippen LogP contribution in [0.1, 0.15) is 30.2 Å². The lowest BCUT2D eigenvalue weighted by Gasteiger charge is -2.32. The van der Waals surface area contributed by atoms with Gasteiger partial charge in [-0.15, -0.1) is 11.3 Å². The molecule has 2 unspecified atom stereocenters. The number of alkyl halides is 1. The Labute approximate surface area is 106 Å². The monoisotopic (exact) mass is 258 g/mol. The Morgan fingerprint density at radius 1 is 1.71 bits per heavy atom. The second-order valence-corrected chi connectivity index (χ2v) is 5.34. The van der Waals surface area contributed by atoms with Crippen LogP contribution in [0.4, 0.5) is 4.39 Å². The molecule has 0 aromatic carbocycles. The molecule has 0 radical (unpaired) electrons. The molecular weight excluding hydrogens is 239 g/mol. The number of ether oxygens (including phenoxy) is 1. The average molecular weight is 258 g/mol. The minimum absolute atomic E-state index is 0.0199. The Bertz CT molecular complexity index is 358. The number of hydrogen-bond donors (Lipinski definition) is 0. The van der Waals surface area contributed by atoms with Gasteiger partial charge in [-0.1, -0.05) is 6.92 Å². The Morgan fingerprint density at radius 2 is 2.53 bits per heavy atom. The van der Waals surface area contributed by atoms with E-state index in [2.05, 4.69) is 9.88 Å². The summed E-state index contributed by atoms with van der Waals surface area (Å²) in [6.45, 7) is 6.62. The van der Waals surface area contributed by atoms with E-state index in [1.54, 1.807) is 11.3 Å². The standard InChI is InChI=1S/C12H19FN2OS/c1-3-10(13)6-15-4-5-16-11(7-15)12-14-9(2)8-17-12/h8,10-11H,3-7H2,1-2H3. The molecule has 1 fully saturated rings. The zero-order valence-corrected chi connectivity index (χ0v) is 11.2. The van der Waals surface area contributed by atoms with Crippen LogP contribution < -0.4 is 0 Å². The van der Waals surface area contributed by atoms with E-state index in [9.17, 15) is 4.39 Å². The van der Waals surface area contributed by atoms with Crippen LogP contribution in [0.15, 0.2) is 5.38 Å². The Morgan fingerprint density at radius 3 is 3.18 bits per heavy atom. The molecule has 3 nitrogen and oxygen atoms in total. The molecule has 0 amide bonds. The summed E-state index contributed by atoms with van der Waals surface area (Å²) in [7, 11) is 0. The number of halogens is 1. The highest BCUT2D eigenvalue weighted by molar-refractivity contribution is 7.09. The van der Waals surface area contributed by atoms with Crippen LogP contribution in [0.25, 0.3) is 0 Å². The van der Waals surface area contributed by atoms with Gasteiger partial charge < -0.3 is 4.74 Å². The molecule has 1 aliphatic rings. The second kappa shape index (κ2) is 5.89. The molecule has 2 rings (SSSR count). The Kier molecular flexibility index (Phi) is 4.48. The molecule has 1 aromatic rings. The van der Waals surface area contributed by atoms with Crippen LogP contribution in [0.2, 0.25) is 0 Å². The van der Waals surface area contributed by atoms with E-state index in [4.69, 9.17) is 4.74 Å². The molecule has 5 heteroatoms. The highest BCUT2D eigenvalue weighted by Crippen LogP contribution is 2.25. The van der Waals surface area contributed by atoms with Crippen molar-refractivity contribution in [2.45, 2.75) is 32.5 Å².